The highest BCUT2D eigenvalue weighted by molar-refractivity contribution is 8.13. The van der Waals surface area contributed by atoms with Crippen LogP contribution in [-0.2, 0) is 46.5 Å². The lowest BCUT2D eigenvalue weighted by Crippen LogP contribution is -2.29. The van der Waals surface area contributed by atoms with Crippen LogP contribution in [0, 0.1) is 0 Å². The molecule has 0 aromatic heterocycles. The van der Waals surface area contributed by atoms with E-state index in [1.807, 2.05) is 0 Å². The Morgan fingerprint density at radius 1 is 0.300 bits per heavy atom. The van der Waals surface area contributed by atoms with Crippen molar-refractivity contribution in [3.63, 3.8) is 0 Å². The van der Waals surface area contributed by atoms with E-state index in [1.54, 1.807) is 0 Å². The summed E-state index contributed by atoms with van der Waals surface area (Å²) in [5, 5.41) is 13.4. The van der Waals surface area contributed by atoms with Crippen molar-refractivity contribution in [2.45, 2.75) is 0 Å². The van der Waals surface area contributed by atoms with Crippen molar-refractivity contribution in [1.82, 2.24) is 20.3 Å². The molecule has 5 aliphatic heterocycles. The van der Waals surface area contributed by atoms with Crippen LogP contribution in [0.25, 0.3) is 0 Å². The predicted molar refractivity (Wildman–Crippen MR) is 200 cm³/mol. The van der Waals surface area contributed by atoms with Crippen molar-refractivity contribution in [3.05, 3.63) is 0 Å². The molecule has 5 aliphatic rings. The summed E-state index contributed by atoms with van der Waals surface area (Å²) in [5.41, 5.74) is 0. The first kappa shape index (κ1) is 43.1. The second kappa shape index (κ2) is 20.9. The van der Waals surface area contributed by atoms with E-state index >= 15 is 0 Å². The molecule has 0 saturated heterocycles. The number of nitrogens with zero attached hydrogens (tertiary/aromatic N) is 6. The molecule has 5 heterocycles. The summed E-state index contributed by atoms with van der Waals surface area (Å²) in [7, 11) is -13.2. The molecule has 0 aromatic rings. The van der Waals surface area contributed by atoms with Crippen LogP contribution in [-0.4, -0.2) is 132 Å². The van der Waals surface area contributed by atoms with E-state index in [4.69, 9.17) is 101 Å². The van der Waals surface area contributed by atoms with E-state index < -0.39 is 42.2 Å². The maximum atomic E-state index is 6.81. The second-order valence-corrected chi connectivity index (χ2v) is 29.7. The van der Waals surface area contributed by atoms with Gasteiger partial charge in [-0.3, -0.25) is 0 Å². The number of hydrogen-bond acceptors (Lipinski definition) is 20. The predicted octanol–water partition coefficient (Wildman–Crippen LogP) is 7.21. The highest BCUT2D eigenvalue weighted by Crippen LogP contribution is 2.82. The highest BCUT2D eigenvalue weighted by atomic mass is 35.9. The SMILES string of the molecule is ClP1(Cl)=NP23=NP(=N1)(NCCNP14=NP(Cl)(Cl)=NP(=N1)(NCCN2)OCCOCCOCCOCCO4)OCCOCCOCCOCCO3. The fraction of sp³-hybridized carbons (Fsp3) is 1.00. The quantitative estimate of drug-likeness (QED) is 0.177. The van der Waals surface area contributed by atoms with Crippen molar-refractivity contribution in [1.29, 1.82) is 0 Å². The van der Waals surface area contributed by atoms with Gasteiger partial charge in [-0.25, -0.2) is 20.3 Å². The van der Waals surface area contributed by atoms with Crippen LogP contribution in [0.5, 0.6) is 0 Å². The van der Waals surface area contributed by atoms with Gasteiger partial charge < -0.3 is 46.5 Å². The van der Waals surface area contributed by atoms with Gasteiger partial charge in [0.1, 0.15) is 0 Å². The Hall–Kier alpha value is 1.98. The van der Waals surface area contributed by atoms with E-state index in [0.29, 0.717) is 52.9 Å². The van der Waals surface area contributed by atoms with E-state index in [1.165, 1.54) is 0 Å². The van der Waals surface area contributed by atoms with Crippen molar-refractivity contribution >= 4 is 87.1 Å². The zero-order valence-corrected chi connectivity index (χ0v) is 35.5. The van der Waals surface area contributed by atoms with E-state index in [0.717, 1.165) is 0 Å². The number of hydrogen-bond donors (Lipinski definition) is 4. The summed E-state index contributed by atoms with van der Waals surface area (Å²) >= 11 is 27.2. The Morgan fingerprint density at radius 3 is 0.780 bits per heavy atom. The van der Waals surface area contributed by atoms with Crippen LogP contribution in [0.15, 0.2) is 27.1 Å². The van der Waals surface area contributed by atoms with E-state index in [2.05, 4.69) is 38.4 Å². The molecule has 0 spiro atoms. The molecule has 0 amide bonds. The van der Waals surface area contributed by atoms with Crippen molar-refractivity contribution < 1.29 is 46.5 Å². The van der Waals surface area contributed by atoms with Gasteiger partial charge in [-0.2, -0.15) is 27.1 Å². The number of halogens is 4. The number of ether oxygens (including phenoxy) is 6. The Morgan fingerprint density at radius 2 is 0.520 bits per heavy atom. The minimum atomic E-state index is -3.36. The molecule has 30 heteroatoms. The standard InChI is InChI=1S/C20H44Cl4N10O10P6/c21-45(22)29-47-25-1-2-26-48-30-46(23,24)32-50(34-48,44-20-16-40-12-8-36-6-10-38-14-18-42-48)28-4-3-27-49(31-45,33-47)43-19-15-39-11-7-35-5-9-37-13-17-41-47/h25-28H,1-20H2. The lowest BCUT2D eigenvalue weighted by molar-refractivity contribution is 0.00527. The molecule has 0 saturated carbocycles. The molecule has 20 nitrogen and oxygen atoms in total. The average Bonchev–Trinajstić information content (AvgIpc) is 3.03. The molecule has 4 atom stereocenters. The first-order valence-electron chi connectivity index (χ1n) is 15.7. The molecular formula is C20H44Cl4N10O10P6. The summed E-state index contributed by atoms with van der Waals surface area (Å²) in [4.78, 5) is 0. The minimum Gasteiger partial charge on any atom is -0.377 e. The van der Waals surface area contributed by atoms with Crippen LogP contribution in [0.3, 0.4) is 0 Å². The Labute approximate surface area is 311 Å². The third-order valence-corrected chi connectivity index (χ3v) is 27.2. The molecule has 292 valence electrons. The summed E-state index contributed by atoms with van der Waals surface area (Å²) in [5.74, 6) is -6.71. The molecule has 4 unspecified atom stereocenters. The van der Waals surface area contributed by atoms with Gasteiger partial charge in [0, 0.05) is 26.2 Å². The molecule has 0 aromatic carbocycles. The van der Waals surface area contributed by atoms with Gasteiger partial charge in [-0.05, 0) is 45.0 Å². The maximum Gasteiger partial charge on any atom is 0.280 e. The monoisotopic (exact) mass is 910 g/mol. The summed E-state index contributed by atoms with van der Waals surface area (Å²) in [6.45, 7) is 5.56. The molecule has 4 bridgehead atoms. The Kier molecular flexibility index (Phi) is 18.1. The zero-order valence-electron chi connectivity index (χ0n) is 27.1. The first-order chi connectivity index (χ1) is 24.1. The fourth-order valence-electron chi connectivity index (χ4n) is 4.45. The average molecular weight is 912 g/mol. The molecular weight excluding hydrogens is 868 g/mol. The summed E-state index contributed by atoms with van der Waals surface area (Å²) in [6, 6.07) is 0. The van der Waals surface area contributed by atoms with Gasteiger partial charge in [0.05, 0.1) is 106 Å². The van der Waals surface area contributed by atoms with Gasteiger partial charge in [0.2, 0.25) is 0 Å². The van der Waals surface area contributed by atoms with E-state index in [9.17, 15) is 0 Å². The number of nitrogens with one attached hydrogen (secondary N) is 4. The molecule has 50 heavy (non-hydrogen) atoms. The van der Waals surface area contributed by atoms with Crippen molar-refractivity contribution in [2.24, 2.45) is 27.1 Å². The molecule has 4 N–H and O–H groups in total. The summed E-state index contributed by atoms with van der Waals surface area (Å²) < 4.78 is 88.0. The normalized spacial score (nSPS) is 37.7. The fourth-order valence-corrected chi connectivity index (χ4v) is 28.1. The first-order valence-corrected chi connectivity index (χ1v) is 29.2. The summed E-state index contributed by atoms with van der Waals surface area (Å²) in [6.07, 6.45) is 0. The van der Waals surface area contributed by atoms with Gasteiger partial charge in [0.25, 0.3) is 42.2 Å². The lowest BCUT2D eigenvalue weighted by atomic mass is 10.7. The van der Waals surface area contributed by atoms with Gasteiger partial charge in [-0.1, -0.05) is 0 Å². The minimum absolute atomic E-state index is 0.135. The van der Waals surface area contributed by atoms with Crippen LogP contribution < -0.4 is 20.3 Å². The third-order valence-electron chi connectivity index (χ3n) is 6.41. The smallest absolute Gasteiger partial charge is 0.280 e. The van der Waals surface area contributed by atoms with Crippen molar-refractivity contribution in [3.8, 4) is 0 Å². The largest absolute Gasteiger partial charge is 0.377 e. The van der Waals surface area contributed by atoms with Crippen molar-refractivity contribution in [2.75, 3.05) is 132 Å². The highest BCUT2D eigenvalue weighted by Gasteiger charge is 2.40. The topological polar surface area (TPSA) is 215 Å². The Bertz CT molecular complexity index is 1320. The van der Waals surface area contributed by atoms with Gasteiger partial charge in [0.15, 0.2) is 0 Å². The maximum absolute atomic E-state index is 6.81. The molecule has 0 radical (unpaired) electrons. The van der Waals surface area contributed by atoms with Crippen LogP contribution >= 0.6 is 87.1 Å². The van der Waals surface area contributed by atoms with Gasteiger partial charge in [-0.15, -0.1) is 0 Å². The third kappa shape index (κ3) is 14.2. The molecule has 5 rings (SSSR count). The second-order valence-electron chi connectivity index (χ2n) is 10.3. The zero-order chi connectivity index (χ0) is 35.3. The van der Waals surface area contributed by atoms with Crippen LogP contribution in [0.1, 0.15) is 0 Å². The Balaban J connectivity index is 1.49. The van der Waals surface area contributed by atoms with Crippen LogP contribution in [0.4, 0.5) is 0 Å². The van der Waals surface area contributed by atoms with E-state index in [-0.39, 0.29) is 79.0 Å². The molecule has 0 fully saturated rings. The number of rotatable bonds is 0. The van der Waals surface area contributed by atoms with Gasteiger partial charge >= 0.3 is 0 Å². The molecule has 0 aliphatic carbocycles. The lowest BCUT2D eigenvalue weighted by Gasteiger charge is -2.34. The van der Waals surface area contributed by atoms with Crippen LogP contribution in [0.2, 0.25) is 0 Å².